The number of aromatic nitrogens is 1. The van der Waals surface area contributed by atoms with Crippen LogP contribution in [0.1, 0.15) is 5.69 Å². The second-order valence-electron chi connectivity index (χ2n) is 5.07. The molecule has 1 aromatic carbocycles. The summed E-state index contributed by atoms with van der Waals surface area (Å²) in [4.78, 5) is 41.8. The highest BCUT2D eigenvalue weighted by Gasteiger charge is 2.26. The Morgan fingerprint density at radius 1 is 1.33 bits per heavy atom. The van der Waals surface area contributed by atoms with Crippen molar-refractivity contribution in [2.75, 3.05) is 22.5 Å². The highest BCUT2D eigenvalue weighted by molar-refractivity contribution is 8.00. The number of para-hydroxylation sites is 1. The van der Waals surface area contributed by atoms with Crippen molar-refractivity contribution in [3.8, 4) is 0 Å². The fraction of sp³-hybridized carbons (Fsp3) is 0.200. The lowest BCUT2D eigenvalue weighted by atomic mass is 10.2. The predicted octanol–water partition coefficient (Wildman–Crippen LogP) is 1.25. The van der Waals surface area contributed by atoms with E-state index in [1.54, 1.807) is 5.38 Å². The average molecular weight is 362 g/mol. The topological polar surface area (TPSA) is 105 Å². The van der Waals surface area contributed by atoms with E-state index in [2.05, 4.69) is 10.3 Å². The normalized spacial score (nSPS) is 13.5. The number of amides is 3. The molecule has 0 saturated carbocycles. The minimum atomic E-state index is -0.480. The molecule has 0 aliphatic carbocycles. The van der Waals surface area contributed by atoms with Crippen LogP contribution in [0.3, 0.4) is 0 Å². The van der Waals surface area contributed by atoms with Gasteiger partial charge in [-0.25, -0.2) is 4.98 Å². The zero-order valence-corrected chi connectivity index (χ0v) is 14.2. The molecule has 1 aliphatic rings. The number of hydrogen-bond donors (Lipinski definition) is 2. The monoisotopic (exact) mass is 362 g/mol. The number of nitrogens with two attached hydrogens (primary N) is 1. The fourth-order valence-electron chi connectivity index (χ4n) is 2.25. The smallest absolute Gasteiger partial charge is 0.246 e. The number of benzene rings is 1. The van der Waals surface area contributed by atoms with Crippen LogP contribution in [-0.4, -0.2) is 35.0 Å². The summed E-state index contributed by atoms with van der Waals surface area (Å²) in [6.45, 7) is -0.0822. The first kappa shape index (κ1) is 16.5. The Bertz CT molecular complexity index is 806. The first-order valence-electron chi connectivity index (χ1n) is 7.07. The second-order valence-corrected chi connectivity index (χ2v) is 6.95. The van der Waals surface area contributed by atoms with Gasteiger partial charge < -0.3 is 16.0 Å². The maximum Gasteiger partial charge on any atom is 0.246 e. The van der Waals surface area contributed by atoms with Gasteiger partial charge in [0.15, 0.2) is 5.13 Å². The first-order chi connectivity index (χ1) is 11.5. The Morgan fingerprint density at radius 2 is 2.12 bits per heavy atom. The summed E-state index contributed by atoms with van der Waals surface area (Å²) in [5.74, 6) is -0.622. The van der Waals surface area contributed by atoms with Gasteiger partial charge in [-0.2, -0.15) is 0 Å². The summed E-state index contributed by atoms with van der Waals surface area (Å²) in [5, 5.41) is 4.69. The predicted molar refractivity (Wildman–Crippen MR) is 93.2 cm³/mol. The van der Waals surface area contributed by atoms with E-state index in [-0.39, 0.29) is 24.8 Å². The van der Waals surface area contributed by atoms with Crippen LogP contribution >= 0.6 is 23.1 Å². The highest BCUT2D eigenvalue weighted by atomic mass is 32.2. The Balaban J connectivity index is 1.67. The fourth-order valence-corrected chi connectivity index (χ4v) is 3.92. The lowest BCUT2D eigenvalue weighted by Crippen LogP contribution is -2.41. The number of thiazole rings is 1. The Labute approximate surface area is 146 Å². The van der Waals surface area contributed by atoms with E-state index in [1.807, 2.05) is 24.3 Å². The molecule has 0 unspecified atom stereocenters. The molecule has 0 atom stereocenters. The maximum atomic E-state index is 12.2. The van der Waals surface area contributed by atoms with Crippen LogP contribution in [0.4, 0.5) is 10.8 Å². The molecule has 0 radical (unpaired) electrons. The van der Waals surface area contributed by atoms with E-state index in [4.69, 9.17) is 5.73 Å². The zero-order chi connectivity index (χ0) is 17.1. The summed E-state index contributed by atoms with van der Waals surface area (Å²) in [5.41, 5.74) is 6.36. The molecular formula is C15H14N4O3S2. The number of anilines is 2. The van der Waals surface area contributed by atoms with Gasteiger partial charge in [0.2, 0.25) is 17.7 Å². The van der Waals surface area contributed by atoms with Crippen molar-refractivity contribution in [2.24, 2.45) is 5.73 Å². The van der Waals surface area contributed by atoms with E-state index in [0.29, 0.717) is 16.6 Å². The third-order valence-corrected chi connectivity index (χ3v) is 5.12. The number of fused-ring (bicyclic) bond motifs is 1. The third-order valence-electron chi connectivity index (χ3n) is 3.26. The molecule has 0 saturated heterocycles. The maximum absolute atomic E-state index is 12.2. The molecule has 0 spiro atoms. The van der Waals surface area contributed by atoms with Crippen LogP contribution in [0.25, 0.3) is 0 Å². The van der Waals surface area contributed by atoms with E-state index < -0.39 is 5.91 Å². The molecule has 3 N–H and O–H groups in total. The summed E-state index contributed by atoms with van der Waals surface area (Å²) >= 11 is 2.67. The number of nitrogens with one attached hydrogen (secondary N) is 1. The van der Waals surface area contributed by atoms with Gasteiger partial charge in [0.25, 0.3) is 0 Å². The van der Waals surface area contributed by atoms with Crippen molar-refractivity contribution in [2.45, 2.75) is 11.3 Å². The van der Waals surface area contributed by atoms with Crippen molar-refractivity contribution >= 4 is 51.6 Å². The minimum Gasteiger partial charge on any atom is -0.369 e. The molecule has 2 aromatic rings. The Hall–Kier alpha value is -2.39. The average Bonchev–Trinajstić information content (AvgIpc) is 2.96. The summed E-state index contributed by atoms with van der Waals surface area (Å²) in [6.07, 6.45) is 0.0293. The van der Waals surface area contributed by atoms with Crippen molar-refractivity contribution in [1.82, 2.24) is 4.98 Å². The first-order valence-corrected chi connectivity index (χ1v) is 8.94. The van der Waals surface area contributed by atoms with Gasteiger partial charge >= 0.3 is 0 Å². The Kier molecular flexibility index (Phi) is 4.81. The summed E-state index contributed by atoms with van der Waals surface area (Å²) in [7, 11) is 0. The van der Waals surface area contributed by atoms with Crippen molar-refractivity contribution in [3.63, 3.8) is 0 Å². The van der Waals surface area contributed by atoms with E-state index in [1.165, 1.54) is 28.0 Å². The number of nitrogens with zero attached hydrogens (tertiary/aromatic N) is 2. The standard InChI is InChI=1S/C15H14N4O3S2/c16-12(20)5-9-7-24-15(17-9)18-13(21)6-19-10-3-1-2-4-11(10)23-8-14(19)22/h1-4,7H,5-6,8H2,(H2,16,20)(H,17,18,21). The van der Waals surface area contributed by atoms with Crippen LogP contribution in [0.15, 0.2) is 34.5 Å². The molecular weight excluding hydrogens is 348 g/mol. The number of carbonyl (C=O) groups excluding carboxylic acids is 3. The van der Waals surface area contributed by atoms with Crippen molar-refractivity contribution < 1.29 is 14.4 Å². The second kappa shape index (κ2) is 7.02. The van der Waals surface area contributed by atoms with Crippen LogP contribution in [0.5, 0.6) is 0 Å². The number of rotatable bonds is 5. The molecule has 0 fully saturated rings. The molecule has 3 amide bonds. The molecule has 124 valence electrons. The Morgan fingerprint density at radius 3 is 2.92 bits per heavy atom. The van der Waals surface area contributed by atoms with Gasteiger partial charge in [0.05, 0.1) is 23.6 Å². The van der Waals surface area contributed by atoms with Crippen LogP contribution in [-0.2, 0) is 20.8 Å². The molecule has 9 heteroatoms. The lowest BCUT2D eigenvalue weighted by Gasteiger charge is -2.28. The van der Waals surface area contributed by atoms with Crippen LogP contribution in [0.2, 0.25) is 0 Å². The number of carbonyl (C=O) groups is 3. The van der Waals surface area contributed by atoms with Gasteiger partial charge in [-0.3, -0.25) is 14.4 Å². The SMILES string of the molecule is NC(=O)Cc1csc(NC(=O)CN2C(=O)CSc3ccccc32)n1. The number of hydrogen-bond acceptors (Lipinski definition) is 6. The molecule has 0 bridgehead atoms. The minimum absolute atomic E-state index is 0.0293. The molecule has 2 heterocycles. The molecule has 1 aliphatic heterocycles. The van der Waals surface area contributed by atoms with Gasteiger partial charge in [-0.1, -0.05) is 12.1 Å². The van der Waals surface area contributed by atoms with Crippen LogP contribution < -0.4 is 16.0 Å². The molecule has 3 rings (SSSR count). The molecule has 1 aromatic heterocycles. The number of thioether (sulfide) groups is 1. The van der Waals surface area contributed by atoms with Gasteiger partial charge in [0, 0.05) is 10.3 Å². The van der Waals surface area contributed by atoms with Crippen LogP contribution in [0, 0.1) is 0 Å². The van der Waals surface area contributed by atoms with E-state index in [0.717, 1.165) is 10.6 Å². The van der Waals surface area contributed by atoms with Crippen molar-refractivity contribution in [1.29, 1.82) is 0 Å². The van der Waals surface area contributed by atoms with Gasteiger partial charge in [-0.15, -0.1) is 23.1 Å². The zero-order valence-electron chi connectivity index (χ0n) is 12.5. The van der Waals surface area contributed by atoms with E-state index in [9.17, 15) is 14.4 Å². The molecule has 24 heavy (non-hydrogen) atoms. The van der Waals surface area contributed by atoms with Crippen molar-refractivity contribution in [3.05, 3.63) is 35.3 Å². The number of primary amides is 1. The van der Waals surface area contributed by atoms with E-state index >= 15 is 0 Å². The summed E-state index contributed by atoms with van der Waals surface area (Å²) in [6, 6.07) is 7.48. The lowest BCUT2D eigenvalue weighted by molar-refractivity contribution is -0.120. The van der Waals surface area contributed by atoms with Gasteiger partial charge in [-0.05, 0) is 12.1 Å². The van der Waals surface area contributed by atoms with Gasteiger partial charge in [0.1, 0.15) is 6.54 Å². The largest absolute Gasteiger partial charge is 0.369 e. The third kappa shape index (κ3) is 3.74. The highest BCUT2D eigenvalue weighted by Crippen LogP contribution is 2.34. The molecule has 7 nitrogen and oxygen atoms in total. The summed E-state index contributed by atoms with van der Waals surface area (Å²) < 4.78 is 0. The quantitative estimate of drug-likeness (QED) is 0.833.